The van der Waals surface area contributed by atoms with Gasteiger partial charge in [0.05, 0.1) is 9.50 Å². The predicted octanol–water partition coefficient (Wildman–Crippen LogP) is 8.23. The monoisotopic (exact) mass is 434 g/mol. The number of rotatable bonds is 4. The molecule has 0 saturated heterocycles. The second-order valence-corrected chi connectivity index (χ2v) is 7.36. The van der Waals surface area contributed by atoms with Crippen molar-refractivity contribution in [2.24, 2.45) is 0 Å². The molecule has 0 atom stereocenters. The molecule has 0 heterocycles. The fourth-order valence-electron chi connectivity index (χ4n) is 2.98. The first-order valence-electron chi connectivity index (χ1n) is 8.59. The van der Waals surface area contributed by atoms with Gasteiger partial charge in [-0.3, -0.25) is 0 Å². The molecule has 0 aliphatic heterocycles. The molecule has 4 aromatic rings. The van der Waals surface area contributed by atoms with Gasteiger partial charge in [0.15, 0.2) is 5.75 Å². The van der Waals surface area contributed by atoms with E-state index in [1.807, 2.05) is 54.6 Å². The quantitative estimate of drug-likeness (QED) is 0.314. The van der Waals surface area contributed by atoms with Gasteiger partial charge in [0.2, 0.25) is 0 Å². The fourth-order valence-corrected chi connectivity index (χ4v) is 3.76. The third kappa shape index (κ3) is 3.92. The smallest absolute Gasteiger partial charge is 0.160 e. The minimum atomic E-state index is 0.567. The van der Waals surface area contributed by atoms with E-state index in [1.165, 1.54) is 11.1 Å². The number of hydrogen-bond donors (Lipinski definition) is 0. The lowest BCUT2D eigenvalue weighted by atomic mass is 9.98. The Hall–Kier alpha value is -2.55. The highest BCUT2D eigenvalue weighted by atomic mass is 79.9. The molecule has 4 aromatic carbocycles. The Morgan fingerprint density at radius 2 is 1.30 bits per heavy atom. The maximum atomic E-state index is 6.33. The molecule has 0 saturated carbocycles. The Bertz CT molecular complexity index is 1060. The van der Waals surface area contributed by atoms with Crippen molar-refractivity contribution in [3.63, 3.8) is 0 Å². The van der Waals surface area contributed by atoms with Crippen LogP contribution in [0.1, 0.15) is 0 Å². The summed E-state index contributed by atoms with van der Waals surface area (Å²) in [6, 6.07) is 32.4. The standard InChI is InChI=1S/C24H16BrClO/c25-21-13-7-14-22(26)24(21)27-23-15-5-4-12-20(23)19-11-6-10-18(16-19)17-8-2-1-3-9-17/h1-16H. The number of benzene rings is 4. The largest absolute Gasteiger partial charge is 0.454 e. The fraction of sp³-hybridized carbons (Fsp3) is 0. The molecule has 0 aliphatic rings. The SMILES string of the molecule is Clc1cccc(Br)c1Oc1ccccc1-c1cccc(-c2ccccc2)c1. The van der Waals surface area contributed by atoms with E-state index < -0.39 is 0 Å². The van der Waals surface area contributed by atoms with Crippen LogP contribution >= 0.6 is 27.5 Å². The molecule has 0 fully saturated rings. The van der Waals surface area contributed by atoms with Gasteiger partial charge in [0, 0.05) is 5.56 Å². The highest BCUT2D eigenvalue weighted by Gasteiger charge is 2.12. The molecule has 132 valence electrons. The van der Waals surface area contributed by atoms with Crippen molar-refractivity contribution in [1.29, 1.82) is 0 Å². The average molecular weight is 436 g/mol. The van der Waals surface area contributed by atoms with Crippen molar-refractivity contribution in [3.05, 3.63) is 107 Å². The van der Waals surface area contributed by atoms with Crippen molar-refractivity contribution in [3.8, 4) is 33.8 Å². The van der Waals surface area contributed by atoms with Gasteiger partial charge in [-0.25, -0.2) is 0 Å². The van der Waals surface area contributed by atoms with E-state index in [0.717, 1.165) is 21.3 Å². The predicted molar refractivity (Wildman–Crippen MR) is 117 cm³/mol. The number of ether oxygens (including phenoxy) is 1. The number of hydrogen-bond acceptors (Lipinski definition) is 1. The van der Waals surface area contributed by atoms with Crippen molar-refractivity contribution in [2.45, 2.75) is 0 Å². The third-order valence-corrected chi connectivity index (χ3v) is 5.22. The van der Waals surface area contributed by atoms with E-state index in [-0.39, 0.29) is 0 Å². The summed E-state index contributed by atoms with van der Waals surface area (Å²) >= 11 is 9.85. The van der Waals surface area contributed by atoms with Crippen LogP contribution in [0.15, 0.2) is 102 Å². The third-order valence-electron chi connectivity index (χ3n) is 4.30. The molecule has 0 bridgehead atoms. The summed E-state index contributed by atoms with van der Waals surface area (Å²) in [6.07, 6.45) is 0. The maximum absolute atomic E-state index is 6.33. The Labute approximate surface area is 172 Å². The van der Waals surface area contributed by atoms with E-state index >= 15 is 0 Å². The van der Waals surface area contributed by atoms with Gasteiger partial charge >= 0.3 is 0 Å². The molecule has 0 aliphatic carbocycles. The number of para-hydroxylation sites is 2. The Balaban J connectivity index is 1.76. The molecular weight excluding hydrogens is 420 g/mol. The highest BCUT2D eigenvalue weighted by molar-refractivity contribution is 9.10. The molecule has 0 radical (unpaired) electrons. The van der Waals surface area contributed by atoms with Crippen LogP contribution in [-0.4, -0.2) is 0 Å². The molecule has 1 nitrogen and oxygen atoms in total. The maximum Gasteiger partial charge on any atom is 0.160 e. The Kier molecular flexibility index (Phi) is 5.28. The Morgan fingerprint density at radius 1 is 0.630 bits per heavy atom. The van der Waals surface area contributed by atoms with Crippen LogP contribution in [0.3, 0.4) is 0 Å². The zero-order valence-electron chi connectivity index (χ0n) is 14.4. The van der Waals surface area contributed by atoms with Crippen LogP contribution in [0.2, 0.25) is 5.02 Å². The van der Waals surface area contributed by atoms with E-state index in [2.05, 4.69) is 58.4 Å². The number of halogens is 2. The summed E-state index contributed by atoms with van der Waals surface area (Å²) in [5.41, 5.74) is 4.46. The minimum absolute atomic E-state index is 0.567. The minimum Gasteiger partial charge on any atom is -0.454 e. The first-order chi connectivity index (χ1) is 13.2. The summed E-state index contributed by atoms with van der Waals surface area (Å²) in [5, 5.41) is 0.567. The van der Waals surface area contributed by atoms with Crippen LogP contribution in [-0.2, 0) is 0 Å². The highest BCUT2D eigenvalue weighted by Crippen LogP contribution is 2.40. The van der Waals surface area contributed by atoms with Crippen LogP contribution < -0.4 is 4.74 Å². The normalized spacial score (nSPS) is 10.6. The van der Waals surface area contributed by atoms with E-state index in [9.17, 15) is 0 Å². The van der Waals surface area contributed by atoms with Gasteiger partial charge in [-0.15, -0.1) is 0 Å². The van der Waals surface area contributed by atoms with E-state index in [0.29, 0.717) is 10.8 Å². The van der Waals surface area contributed by atoms with Gasteiger partial charge in [0.25, 0.3) is 0 Å². The van der Waals surface area contributed by atoms with Crippen LogP contribution in [0.5, 0.6) is 11.5 Å². The van der Waals surface area contributed by atoms with E-state index in [4.69, 9.17) is 16.3 Å². The second-order valence-electron chi connectivity index (χ2n) is 6.10. The molecule has 0 N–H and O–H groups in total. The molecule has 0 amide bonds. The zero-order valence-corrected chi connectivity index (χ0v) is 16.7. The first kappa shape index (κ1) is 17.8. The molecule has 0 unspecified atom stereocenters. The van der Waals surface area contributed by atoms with Crippen molar-refractivity contribution in [2.75, 3.05) is 0 Å². The van der Waals surface area contributed by atoms with Gasteiger partial charge < -0.3 is 4.74 Å². The average Bonchev–Trinajstić information content (AvgIpc) is 2.72. The van der Waals surface area contributed by atoms with Gasteiger partial charge in [-0.1, -0.05) is 84.4 Å². The summed E-state index contributed by atoms with van der Waals surface area (Å²) in [7, 11) is 0. The lowest BCUT2D eigenvalue weighted by Gasteiger charge is -2.14. The van der Waals surface area contributed by atoms with Crippen LogP contribution in [0.4, 0.5) is 0 Å². The zero-order chi connectivity index (χ0) is 18.6. The van der Waals surface area contributed by atoms with Crippen molar-refractivity contribution in [1.82, 2.24) is 0 Å². The molecule has 3 heteroatoms. The van der Waals surface area contributed by atoms with Crippen LogP contribution in [0, 0.1) is 0 Å². The topological polar surface area (TPSA) is 9.23 Å². The van der Waals surface area contributed by atoms with Gasteiger partial charge in [-0.2, -0.15) is 0 Å². The van der Waals surface area contributed by atoms with E-state index in [1.54, 1.807) is 0 Å². The van der Waals surface area contributed by atoms with Crippen LogP contribution in [0.25, 0.3) is 22.3 Å². The van der Waals surface area contributed by atoms with Gasteiger partial charge in [-0.05, 0) is 56.9 Å². The van der Waals surface area contributed by atoms with Crippen molar-refractivity contribution < 1.29 is 4.74 Å². The Morgan fingerprint density at radius 3 is 2.11 bits per heavy atom. The van der Waals surface area contributed by atoms with Crippen molar-refractivity contribution >= 4 is 27.5 Å². The molecular formula is C24H16BrClO. The molecule has 4 rings (SSSR count). The summed E-state index contributed by atoms with van der Waals surface area (Å²) in [4.78, 5) is 0. The summed E-state index contributed by atoms with van der Waals surface area (Å²) < 4.78 is 7.01. The molecule has 0 spiro atoms. The van der Waals surface area contributed by atoms with Gasteiger partial charge in [0.1, 0.15) is 5.75 Å². The first-order valence-corrected chi connectivity index (χ1v) is 9.76. The second kappa shape index (κ2) is 7.99. The summed E-state index contributed by atoms with van der Waals surface area (Å²) in [6.45, 7) is 0. The summed E-state index contributed by atoms with van der Waals surface area (Å²) in [5.74, 6) is 1.38. The lowest BCUT2D eigenvalue weighted by molar-refractivity contribution is 0.481. The molecule has 0 aromatic heterocycles. The molecule has 27 heavy (non-hydrogen) atoms. The lowest BCUT2D eigenvalue weighted by Crippen LogP contribution is -1.90.